The van der Waals surface area contributed by atoms with Crippen molar-refractivity contribution in [1.82, 2.24) is 20.6 Å². The summed E-state index contributed by atoms with van der Waals surface area (Å²) in [6.45, 7) is 5.68. The predicted molar refractivity (Wildman–Crippen MR) is 138 cm³/mol. The number of pyridine rings is 2. The van der Waals surface area contributed by atoms with E-state index in [-0.39, 0.29) is 16.8 Å². The highest BCUT2D eigenvalue weighted by molar-refractivity contribution is 6.33. The van der Waals surface area contributed by atoms with E-state index in [1.165, 1.54) is 30.6 Å². The fourth-order valence-corrected chi connectivity index (χ4v) is 3.44. The van der Waals surface area contributed by atoms with Gasteiger partial charge in [-0.3, -0.25) is 10.4 Å². The van der Waals surface area contributed by atoms with E-state index >= 15 is 0 Å². The number of hydrogen-bond donors (Lipinski definition) is 5. The van der Waals surface area contributed by atoms with Crippen molar-refractivity contribution >= 4 is 45.7 Å². The Morgan fingerprint density at radius 1 is 1.18 bits per heavy atom. The zero-order valence-corrected chi connectivity index (χ0v) is 19.7. The lowest BCUT2D eigenvalue weighted by Crippen LogP contribution is -2.29. The van der Waals surface area contributed by atoms with Gasteiger partial charge in [-0.1, -0.05) is 25.4 Å². The number of nitrogens with one attached hydrogen (secondary N) is 4. The van der Waals surface area contributed by atoms with Crippen molar-refractivity contribution in [2.75, 3.05) is 13.1 Å². The van der Waals surface area contributed by atoms with E-state index in [4.69, 9.17) is 28.2 Å². The van der Waals surface area contributed by atoms with Crippen molar-refractivity contribution in [3.05, 3.63) is 82.7 Å². The summed E-state index contributed by atoms with van der Waals surface area (Å²) in [7, 11) is 0. The minimum absolute atomic E-state index is 0.0324. The van der Waals surface area contributed by atoms with E-state index < -0.39 is 5.82 Å². The third-order valence-corrected chi connectivity index (χ3v) is 5.25. The van der Waals surface area contributed by atoms with Gasteiger partial charge in [-0.05, 0) is 36.4 Å². The molecule has 0 amide bonds. The first kappa shape index (κ1) is 25.0. The van der Waals surface area contributed by atoms with Gasteiger partial charge in [-0.2, -0.15) is 0 Å². The van der Waals surface area contributed by atoms with Crippen LogP contribution in [0.4, 0.5) is 4.39 Å². The minimum atomic E-state index is -0.574. The summed E-state index contributed by atoms with van der Waals surface area (Å²) >= 11 is 5.99. The average Bonchev–Trinajstić information content (AvgIpc) is 2.82. The van der Waals surface area contributed by atoms with Crippen LogP contribution in [0.15, 0.2) is 55.0 Å². The summed E-state index contributed by atoms with van der Waals surface area (Å²) in [5.74, 6) is -0.574. The van der Waals surface area contributed by atoms with E-state index in [2.05, 4.69) is 34.4 Å². The molecule has 0 atom stereocenters. The molecule has 6 N–H and O–H groups in total. The first-order valence-corrected chi connectivity index (χ1v) is 11.1. The molecule has 176 valence electrons. The van der Waals surface area contributed by atoms with Gasteiger partial charge in [0.1, 0.15) is 5.82 Å². The van der Waals surface area contributed by atoms with E-state index in [1.54, 1.807) is 24.5 Å². The molecule has 9 heteroatoms. The maximum absolute atomic E-state index is 14.3. The van der Waals surface area contributed by atoms with E-state index in [0.29, 0.717) is 45.5 Å². The summed E-state index contributed by atoms with van der Waals surface area (Å²) in [5.41, 5.74) is 8.93. The molecule has 34 heavy (non-hydrogen) atoms. The zero-order chi connectivity index (χ0) is 24.7. The number of nitrogens with two attached hydrogens (primary N) is 1. The maximum Gasteiger partial charge on any atom is 0.132 e. The Morgan fingerprint density at radius 3 is 2.68 bits per heavy atom. The lowest BCUT2D eigenvalue weighted by molar-refractivity contribution is 0.580. The van der Waals surface area contributed by atoms with E-state index in [9.17, 15) is 4.39 Å². The monoisotopic (exact) mass is 479 g/mol. The standard InChI is InChI=1S/C25H27ClFN7/c1-15(2)32-8-7-31-13-17(11-28)16-9-24-23(33-14-16)6-5-22(34-24)20(12-29)25(30)19-10-18(26)3-4-21(19)27/h3-6,9-15,28,30-32H,7-8,29H2,1-2H3/b17-13+,20-12-,28-11?,30-25?. The van der Waals surface area contributed by atoms with Crippen LogP contribution >= 0.6 is 11.6 Å². The Balaban J connectivity index is 1.90. The number of aromatic nitrogens is 2. The molecule has 3 aromatic rings. The molecule has 0 fully saturated rings. The second kappa shape index (κ2) is 11.5. The maximum atomic E-state index is 14.3. The van der Waals surface area contributed by atoms with Crippen molar-refractivity contribution in [2.24, 2.45) is 5.73 Å². The molecule has 0 aliphatic carbocycles. The summed E-state index contributed by atoms with van der Waals surface area (Å²) in [6, 6.07) is 9.68. The number of hydrogen-bond acceptors (Lipinski definition) is 7. The third kappa shape index (κ3) is 6.03. The molecule has 3 rings (SSSR count). The van der Waals surface area contributed by atoms with Crippen molar-refractivity contribution in [3.63, 3.8) is 0 Å². The number of rotatable bonds is 10. The van der Waals surface area contributed by atoms with Gasteiger partial charge in [-0.25, -0.2) is 9.37 Å². The highest BCUT2D eigenvalue weighted by Gasteiger charge is 2.17. The van der Waals surface area contributed by atoms with Crippen LogP contribution in [0, 0.1) is 16.6 Å². The smallest absolute Gasteiger partial charge is 0.132 e. The van der Waals surface area contributed by atoms with Crippen molar-refractivity contribution in [2.45, 2.75) is 19.9 Å². The predicted octanol–water partition coefficient (Wildman–Crippen LogP) is 4.37. The molecule has 1 aromatic carbocycles. The molecule has 0 saturated carbocycles. The first-order valence-electron chi connectivity index (χ1n) is 10.7. The number of halogens is 2. The topological polar surface area (TPSA) is 124 Å². The van der Waals surface area contributed by atoms with Gasteiger partial charge >= 0.3 is 0 Å². The van der Waals surface area contributed by atoms with Gasteiger partial charge < -0.3 is 21.8 Å². The minimum Gasteiger partial charge on any atom is -0.404 e. The normalized spacial score (nSPS) is 12.3. The van der Waals surface area contributed by atoms with Gasteiger partial charge in [0.25, 0.3) is 0 Å². The Bertz CT molecular complexity index is 1270. The summed E-state index contributed by atoms with van der Waals surface area (Å²) in [4.78, 5) is 9.06. The summed E-state index contributed by atoms with van der Waals surface area (Å²) in [5, 5.41) is 23.1. The largest absolute Gasteiger partial charge is 0.404 e. The van der Waals surface area contributed by atoms with Gasteiger partial charge in [0.15, 0.2) is 0 Å². The molecule has 0 unspecified atom stereocenters. The molecule has 0 radical (unpaired) electrons. The summed E-state index contributed by atoms with van der Waals surface area (Å²) in [6.07, 6.45) is 5.92. The van der Waals surface area contributed by atoms with Crippen LogP contribution in [0.1, 0.15) is 30.7 Å². The third-order valence-electron chi connectivity index (χ3n) is 5.02. The zero-order valence-electron chi connectivity index (χ0n) is 19.0. The summed E-state index contributed by atoms with van der Waals surface area (Å²) < 4.78 is 14.3. The fourth-order valence-electron chi connectivity index (χ4n) is 3.27. The average molecular weight is 480 g/mol. The van der Waals surface area contributed by atoms with Crippen LogP contribution in [0.2, 0.25) is 5.02 Å². The molecule has 0 aliphatic heterocycles. The van der Waals surface area contributed by atoms with Crippen LogP contribution in [0.3, 0.4) is 0 Å². The van der Waals surface area contributed by atoms with Crippen molar-refractivity contribution in [1.29, 1.82) is 10.8 Å². The van der Waals surface area contributed by atoms with Crippen LogP contribution < -0.4 is 16.4 Å². The van der Waals surface area contributed by atoms with Gasteiger partial charge in [-0.15, -0.1) is 0 Å². The molecule has 7 nitrogen and oxygen atoms in total. The Hall–Kier alpha value is -3.62. The highest BCUT2D eigenvalue weighted by Crippen LogP contribution is 2.24. The Morgan fingerprint density at radius 2 is 1.97 bits per heavy atom. The SMILES string of the molecule is CC(C)NCCN/C=C(\C=N)c1cnc2ccc(/C(=C/N)C(=N)c3cc(Cl)ccc3F)nc2c1. The number of fused-ring (bicyclic) bond motifs is 1. The first-order chi connectivity index (χ1) is 16.3. The second-order valence-electron chi connectivity index (χ2n) is 7.85. The lowest BCUT2D eigenvalue weighted by atomic mass is 9.99. The second-order valence-corrected chi connectivity index (χ2v) is 8.28. The molecular formula is C25H27ClFN7. The van der Waals surface area contributed by atoms with Gasteiger partial charge in [0.2, 0.25) is 0 Å². The Kier molecular flexibility index (Phi) is 8.45. The van der Waals surface area contributed by atoms with Crippen molar-refractivity contribution in [3.8, 4) is 0 Å². The molecule has 2 aromatic heterocycles. The number of allylic oxidation sites excluding steroid dienone is 2. The van der Waals surface area contributed by atoms with E-state index in [0.717, 1.165) is 6.54 Å². The van der Waals surface area contributed by atoms with Crippen LogP contribution in [-0.2, 0) is 0 Å². The molecular weight excluding hydrogens is 453 g/mol. The number of nitrogens with zero attached hydrogens (tertiary/aromatic N) is 2. The van der Waals surface area contributed by atoms with Gasteiger partial charge in [0, 0.05) is 71.2 Å². The quantitative estimate of drug-likeness (QED) is 0.218. The molecule has 0 bridgehead atoms. The number of benzene rings is 1. The lowest BCUT2D eigenvalue weighted by Gasteiger charge is -2.11. The van der Waals surface area contributed by atoms with Crippen molar-refractivity contribution < 1.29 is 4.39 Å². The van der Waals surface area contributed by atoms with Crippen LogP contribution in [0.25, 0.3) is 22.2 Å². The Labute approximate surface area is 203 Å². The molecule has 0 spiro atoms. The van der Waals surface area contributed by atoms with Gasteiger partial charge in [0.05, 0.1) is 22.4 Å². The fraction of sp³-hybridized carbons (Fsp3) is 0.200. The highest BCUT2D eigenvalue weighted by atomic mass is 35.5. The van der Waals surface area contributed by atoms with Crippen LogP contribution in [0.5, 0.6) is 0 Å². The molecule has 0 aliphatic rings. The molecule has 2 heterocycles. The molecule has 0 saturated heterocycles. The van der Waals surface area contributed by atoms with E-state index in [1.807, 2.05) is 6.07 Å². The van der Waals surface area contributed by atoms with Crippen LogP contribution in [-0.4, -0.2) is 41.0 Å².